The number of halogens is 1. The lowest BCUT2D eigenvalue weighted by Crippen LogP contribution is -2.29. The van der Waals surface area contributed by atoms with Gasteiger partial charge in [0.1, 0.15) is 18.4 Å². The SMILES string of the molecule is CCC(=O)c1cnc(N(C)C(=O)[C@@H]2C[C@@H]2C=O)cc1N(I)c1cccc(-c2ncn(C)n2)c1OC. The fraction of sp³-hybridized carbons (Fsp3) is 0.333. The molecule has 2 atom stereocenters. The summed E-state index contributed by atoms with van der Waals surface area (Å²) in [5.41, 5.74) is 2.37. The van der Waals surface area contributed by atoms with Crippen LogP contribution in [0, 0.1) is 11.8 Å². The summed E-state index contributed by atoms with van der Waals surface area (Å²) in [6.45, 7) is 1.79. The third kappa shape index (κ3) is 4.77. The van der Waals surface area contributed by atoms with Crippen molar-refractivity contribution in [3.05, 3.63) is 42.4 Å². The van der Waals surface area contributed by atoms with E-state index >= 15 is 0 Å². The highest BCUT2D eigenvalue weighted by Crippen LogP contribution is 2.44. The molecule has 1 fully saturated rings. The number of benzene rings is 1. The number of anilines is 3. The van der Waals surface area contributed by atoms with E-state index in [1.807, 2.05) is 18.2 Å². The second-order valence-electron chi connectivity index (χ2n) is 8.26. The zero-order valence-corrected chi connectivity index (χ0v) is 22.0. The van der Waals surface area contributed by atoms with Crippen molar-refractivity contribution in [3.8, 4) is 17.1 Å². The first-order valence-electron chi connectivity index (χ1n) is 11.1. The number of methoxy groups -OCH3 is 1. The zero-order valence-electron chi connectivity index (χ0n) is 19.8. The van der Waals surface area contributed by atoms with Crippen LogP contribution in [-0.2, 0) is 16.6 Å². The molecule has 0 saturated heterocycles. The lowest BCUT2D eigenvalue weighted by molar-refractivity contribution is -0.121. The minimum atomic E-state index is -0.321. The van der Waals surface area contributed by atoms with Crippen LogP contribution in [-0.4, -0.2) is 51.9 Å². The Kier molecular flexibility index (Phi) is 7.15. The topological polar surface area (TPSA) is 111 Å². The average Bonchev–Trinajstić information content (AvgIpc) is 3.56. The maximum atomic E-state index is 12.8. The number of carbonyl (C=O) groups is 3. The fourth-order valence-corrected chi connectivity index (χ4v) is 4.64. The molecule has 10 nitrogen and oxygen atoms in total. The van der Waals surface area contributed by atoms with E-state index in [0.717, 1.165) is 6.29 Å². The second-order valence-corrected chi connectivity index (χ2v) is 9.22. The molecule has 11 heteroatoms. The zero-order chi connectivity index (χ0) is 25.3. The van der Waals surface area contributed by atoms with Gasteiger partial charge >= 0.3 is 0 Å². The van der Waals surface area contributed by atoms with Gasteiger partial charge in [0.25, 0.3) is 0 Å². The number of ether oxygens (including phenoxy) is 1. The van der Waals surface area contributed by atoms with Crippen molar-refractivity contribution in [2.45, 2.75) is 19.8 Å². The van der Waals surface area contributed by atoms with Gasteiger partial charge in [-0.05, 0) is 18.6 Å². The fourth-order valence-electron chi connectivity index (χ4n) is 3.86. The highest BCUT2D eigenvalue weighted by atomic mass is 127. The predicted octanol–water partition coefficient (Wildman–Crippen LogP) is 3.76. The van der Waals surface area contributed by atoms with Crippen LogP contribution >= 0.6 is 22.9 Å². The van der Waals surface area contributed by atoms with E-state index in [2.05, 4.69) is 37.9 Å². The van der Waals surface area contributed by atoms with E-state index in [9.17, 15) is 14.4 Å². The number of rotatable bonds is 9. The number of ketones is 1. The maximum absolute atomic E-state index is 12.8. The van der Waals surface area contributed by atoms with Crippen molar-refractivity contribution < 1.29 is 19.1 Å². The van der Waals surface area contributed by atoms with Crippen molar-refractivity contribution >= 4 is 58.0 Å². The van der Waals surface area contributed by atoms with E-state index in [1.54, 1.807) is 48.3 Å². The Labute approximate surface area is 216 Å². The molecular weight excluding hydrogens is 563 g/mol. The van der Waals surface area contributed by atoms with Gasteiger partial charge in [0.2, 0.25) is 5.91 Å². The number of hydrogen-bond acceptors (Lipinski definition) is 8. The maximum Gasteiger partial charge on any atom is 0.231 e. The van der Waals surface area contributed by atoms with Crippen molar-refractivity contribution in [3.63, 3.8) is 0 Å². The number of aryl methyl sites for hydroxylation is 1. The standard InChI is InChI=1S/C24H25IN6O4/c1-5-20(33)17-11-26-21(30(3)24(34)16-9-14(16)12-32)10-19(17)31(25)18-8-6-7-15(22(18)35-4)23-27-13-29(2)28-23/h6-8,10-14,16H,5,9H2,1-4H3/t14-,16-/m1/s1. The van der Waals surface area contributed by atoms with E-state index < -0.39 is 0 Å². The molecule has 2 heterocycles. The Balaban J connectivity index is 1.78. The van der Waals surface area contributed by atoms with Crippen LogP contribution in [0.3, 0.4) is 0 Å². The number of carbonyl (C=O) groups excluding carboxylic acids is 3. The number of hydrogen-bond donors (Lipinski definition) is 0. The van der Waals surface area contributed by atoms with E-state index in [1.165, 1.54) is 11.1 Å². The molecule has 0 aliphatic heterocycles. The van der Waals surface area contributed by atoms with Gasteiger partial charge in [0, 0.05) is 44.6 Å². The summed E-state index contributed by atoms with van der Waals surface area (Å²) >= 11 is 2.11. The Hall–Kier alpha value is -3.35. The van der Waals surface area contributed by atoms with Gasteiger partial charge in [-0.1, -0.05) is 13.0 Å². The van der Waals surface area contributed by atoms with Gasteiger partial charge in [-0.25, -0.2) is 9.97 Å². The van der Waals surface area contributed by atoms with Gasteiger partial charge in [-0.2, -0.15) is 5.10 Å². The molecule has 4 rings (SSSR count). The summed E-state index contributed by atoms with van der Waals surface area (Å²) in [6.07, 6.45) is 4.77. The number of amides is 1. The number of nitrogens with zero attached hydrogens (tertiary/aromatic N) is 6. The highest BCUT2D eigenvalue weighted by Gasteiger charge is 2.44. The van der Waals surface area contributed by atoms with Crippen molar-refractivity contribution in [1.82, 2.24) is 19.7 Å². The van der Waals surface area contributed by atoms with Gasteiger partial charge in [-0.3, -0.25) is 22.3 Å². The summed E-state index contributed by atoms with van der Waals surface area (Å²) in [5.74, 6) is 0.623. The molecule has 0 bridgehead atoms. The van der Waals surface area contributed by atoms with Gasteiger partial charge < -0.3 is 9.53 Å². The quantitative estimate of drug-likeness (QED) is 0.161. The second kappa shape index (κ2) is 10.1. The smallest absolute Gasteiger partial charge is 0.231 e. The molecule has 0 spiro atoms. The molecule has 1 saturated carbocycles. The normalized spacial score (nSPS) is 16.5. The molecule has 2 aromatic heterocycles. The van der Waals surface area contributed by atoms with E-state index in [4.69, 9.17) is 4.74 Å². The Morgan fingerprint density at radius 3 is 2.66 bits per heavy atom. The molecule has 1 aliphatic rings. The van der Waals surface area contributed by atoms with Crippen LogP contribution in [0.2, 0.25) is 0 Å². The molecule has 0 radical (unpaired) electrons. The molecule has 182 valence electrons. The molecule has 1 aliphatic carbocycles. The molecule has 1 amide bonds. The first-order valence-corrected chi connectivity index (χ1v) is 12.0. The number of Topliss-reactive ketones (excluding diaryl/α,β-unsaturated/α-hetero) is 1. The Morgan fingerprint density at radius 2 is 2.06 bits per heavy atom. The number of aromatic nitrogens is 4. The van der Waals surface area contributed by atoms with Crippen LogP contribution in [0.25, 0.3) is 11.4 Å². The van der Waals surface area contributed by atoms with Crippen molar-refractivity contribution in [1.29, 1.82) is 0 Å². The van der Waals surface area contributed by atoms with Crippen molar-refractivity contribution in [2.24, 2.45) is 18.9 Å². The first kappa shape index (κ1) is 24.8. The molecule has 0 N–H and O–H groups in total. The van der Waals surface area contributed by atoms with Crippen LogP contribution in [0.1, 0.15) is 30.1 Å². The Bertz CT molecular complexity index is 1290. The predicted molar refractivity (Wildman–Crippen MR) is 139 cm³/mol. The largest absolute Gasteiger partial charge is 0.494 e. The minimum Gasteiger partial charge on any atom is -0.494 e. The summed E-state index contributed by atoms with van der Waals surface area (Å²) in [6, 6.07) is 7.30. The average molecular weight is 588 g/mol. The third-order valence-electron chi connectivity index (χ3n) is 5.96. The molecule has 3 aromatic rings. The molecule has 35 heavy (non-hydrogen) atoms. The number of pyridine rings is 1. The molecular formula is C24H25IN6O4. The monoisotopic (exact) mass is 588 g/mol. The lowest BCUT2D eigenvalue weighted by Gasteiger charge is -2.24. The molecule has 0 unspecified atom stereocenters. The third-order valence-corrected chi connectivity index (χ3v) is 7.00. The van der Waals surface area contributed by atoms with Crippen molar-refractivity contribution in [2.75, 3.05) is 22.2 Å². The van der Waals surface area contributed by atoms with Crippen LogP contribution in [0.5, 0.6) is 5.75 Å². The van der Waals surface area contributed by atoms with Crippen LogP contribution < -0.4 is 12.8 Å². The van der Waals surface area contributed by atoms with E-state index in [0.29, 0.717) is 52.7 Å². The summed E-state index contributed by atoms with van der Waals surface area (Å²) in [5, 5.41) is 4.39. The summed E-state index contributed by atoms with van der Waals surface area (Å²) in [4.78, 5) is 46.8. The first-order chi connectivity index (χ1) is 16.8. The van der Waals surface area contributed by atoms with Gasteiger partial charge in [0.05, 0.1) is 52.5 Å². The highest BCUT2D eigenvalue weighted by molar-refractivity contribution is 14.1. The van der Waals surface area contributed by atoms with Crippen LogP contribution in [0.4, 0.5) is 17.2 Å². The van der Waals surface area contributed by atoms with Gasteiger partial charge in [0.15, 0.2) is 17.4 Å². The van der Waals surface area contributed by atoms with E-state index in [-0.39, 0.29) is 23.5 Å². The summed E-state index contributed by atoms with van der Waals surface area (Å²) < 4.78 is 9.17. The molecule has 1 aromatic carbocycles. The van der Waals surface area contributed by atoms with Crippen LogP contribution in [0.15, 0.2) is 36.8 Å². The number of para-hydroxylation sites is 1. The Morgan fingerprint density at radius 1 is 1.29 bits per heavy atom. The van der Waals surface area contributed by atoms with Gasteiger partial charge in [-0.15, -0.1) is 0 Å². The lowest BCUT2D eigenvalue weighted by atomic mass is 10.1. The summed E-state index contributed by atoms with van der Waals surface area (Å²) in [7, 11) is 4.98. The minimum absolute atomic E-state index is 0.0839. The number of aldehydes is 1.